The van der Waals surface area contributed by atoms with Gasteiger partial charge in [0.05, 0.1) is 42.0 Å². The lowest BCUT2D eigenvalue weighted by Gasteiger charge is -2.43. The Morgan fingerprint density at radius 2 is 2.08 bits per heavy atom. The topological polar surface area (TPSA) is 64.6 Å². The molecule has 0 saturated carbocycles. The van der Waals surface area contributed by atoms with E-state index in [2.05, 4.69) is 4.72 Å². The molecule has 1 aromatic rings. The number of rotatable bonds is 6. The first kappa shape index (κ1) is 19.4. The molecule has 24 heavy (non-hydrogen) atoms. The van der Waals surface area contributed by atoms with Crippen molar-refractivity contribution in [2.45, 2.75) is 44.4 Å². The molecule has 1 aromatic carbocycles. The second-order valence-electron chi connectivity index (χ2n) is 6.85. The minimum Gasteiger partial charge on any atom is -0.466 e. The lowest BCUT2D eigenvalue weighted by atomic mass is 9.88. The van der Waals surface area contributed by atoms with Gasteiger partial charge in [0, 0.05) is 5.02 Å². The van der Waals surface area contributed by atoms with Gasteiger partial charge in [-0.05, 0) is 44.9 Å². The van der Waals surface area contributed by atoms with E-state index in [0.29, 0.717) is 24.8 Å². The van der Waals surface area contributed by atoms with E-state index in [0.717, 1.165) is 11.1 Å². The molecule has 1 unspecified atom stereocenters. The summed E-state index contributed by atoms with van der Waals surface area (Å²) in [6, 6.07) is 5.47. The van der Waals surface area contributed by atoms with Gasteiger partial charge in [0.2, 0.25) is 0 Å². The van der Waals surface area contributed by atoms with Crippen LogP contribution in [-0.4, -0.2) is 34.7 Å². The van der Waals surface area contributed by atoms with Crippen LogP contribution < -0.4 is 4.72 Å². The molecule has 0 amide bonds. The summed E-state index contributed by atoms with van der Waals surface area (Å²) >= 11 is 6.44. The molecule has 2 rings (SSSR count). The summed E-state index contributed by atoms with van der Waals surface area (Å²) in [6.45, 7) is 8.68. The van der Waals surface area contributed by atoms with Crippen molar-refractivity contribution in [3.63, 3.8) is 0 Å². The summed E-state index contributed by atoms with van der Waals surface area (Å²) in [6.07, 6.45) is 0.179. The Labute approximate surface area is 150 Å². The average Bonchev–Trinajstić information content (AvgIpc) is 2.42. The molecular weight excluding hydrogens is 350 g/mol. The van der Waals surface area contributed by atoms with Crippen LogP contribution in [0.15, 0.2) is 18.2 Å². The van der Waals surface area contributed by atoms with Crippen molar-refractivity contribution in [3.8, 4) is 0 Å². The molecule has 0 aliphatic carbocycles. The third-order valence-corrected chi connectivity index (χ3v) is 5.75. The van der Waals surface area contributed by atoms with Crippen molar-refractivity contribution in [2.24, 2.45) is 0 Å². The predicted molar refractivity (Wildman–Crippen MR) is 95.3 cm³/mol. The molecule has 1 saturated heterocycles. The maximum Gasteiger partial charge on any atom is 0.310 e. The number of carbonyl (C=O) groups is 1. The number of nitrogens with one attached hydrogen (secondary N) is 1. The number of benzene rings is 1. The van der Waals surface area contributed by atoms with Gasteiger partial charge in [-0.1, -0.05) is 23.7 Å². The van der Waals surface area contributed by atoms with Gasteiger partial charge in [-0.25, -0.2) is 8.93 Å². The number of carbonyl (C=O) groups excluding carboxylic acids is 1. The van der Waals surface area contributed by atoms with Crippen LogP contribution in [0, 0.1) is 0 Å². The van der Waals surface area contributed by atoms with Crippen molar-refractivity contribution in [2.75, 3.05) is 19.8 Å². The van der Waals surface area contributed by atoms with Gasteiger partial charge in [-0.3, -0.25) is 4.79 Å². The zero-order valence-electron chi connectivity index (χ0n) is 14.5. The van der Waals surface area contributed by atoms with Gasteiger partial charge < -0.3 is 9.47 Å². The molecule has 0 spiro atoms. The maximum atomic E-state index is 12.5. The van der Waals surface area contributed by atoms with Crippen LogP contribution in [0.2, 0.25) is 5.02 Å². The van der Waals surface area contributed by atoms with Crippen molar-refractivity contribution in [1.29, 1.82) is 0 Å². The molecule has 0 radical (unpaired) electrons. The highest BCUT2D eigenvalue weighted by Gasteiger charge is 2.44. The lowest BCUT2D eigenvalue weighted by Crippen LogP contribution is -2.60. The highest BCUT2D eigenvalue weighted by atomic mass is 35.5. The quantitative estimate of drug-likeness (QED) is 0.779. The molecule has 1 heterocycles. The largest absolute Gasteiger partial charge is 0.466 e. The number of hydrogen-bond acceptors (Lipinski definition) is 4. The minimum absolute atomic E-state index is 0.179. The van der Waals surface area contributed by atoms with Crippen molar-refractivity contribution in [1.82, 2.24) is 4.72 Å². The first-order chi connectivity index (χ1) is 11.2. The Morgan fingerprint density at radius 1 is 1.42 bits per heavy atom. The number of hydrogen-bond donors (Lipinski definition) is 1. The standard InChI is InChI=1S/C17H24ClNO4S/c1-5-23-15(20)9-12-6-7-13(14(18)8-12)17(10-22-11-17)19-24(21)16(2,3)4/h6-8,19H,5,9-11H2,1-4H3. The van der Waals surface area contributed by atoms with Gasteiger partial charge in [-0.2, -0.15) is 0 Å². The minimum atomic E-state index is -1.24. The molecular formula is C17H24ClNO4S. The summed E-state index contributed by atoms with van der Waals surface area (Å²) in [5.41, 5.74) is 1.06. The van der Waals surface area contributed by atoms with Gasteiger partial charge in [-0.15, -0.1) is 0 Å². The first-order valence-electron chi connectivity index (χ1n) is 7.90. The highest BCUT2D eigenvalue weighted by molar-refractivity contribution is 7.84. The van der Waals surface area contributed by atoms with E-state index in [4.69, 9.17) is 21.1 Å². The summed E-state index contributed by atoms with van der Waals surface area (Å²) in [5.74, 6) is -0.282. The number of esters is 1. The lowest BCUT2D eigenvalue weighted by molar-refractivity contribution is -0.142. The van der Waals surface area contributed by atoms with Crippen LogP contribution in [-0.2, 0) is 37.2 Å². The van der Waals surface area contributed by atoms with Crippen LogP contribution in [0.25, 0.3) is 0 Å². The zero-order valence-corrected chi connectivity index (χ0v) is 16.1. The Hall–Kier alpha value is -0.950. The second-order valence-corrected chi connectivity index (χ2v) is 9.23. The van der Waals surface area contributed by atoms with Gasteiger partial charge >= 0.3 is 5.97 Å². The third kappa shape index (κ3) is 4.36. The van der Waals surface area contributed by atoms with Gasteiger partial charge in [0.25, 0.3) is 0 Å². The predicted octanol–water partition coefficient (Wildman–Crippen LogP) is 2.72. The van der Waals surface area contributed by atoms with Crippen LogP contribution in [0.1, 0.15) is 38.8 Å². The Morgan fingerprint density at radius 3 is 2.54 bits per heavy atom. The number of halogens is 1. The molecule has 1 atom stereocenters. The van der Waals surface area contributed by atoms with Crippen LogP contribution in [0.5, 0.6) is 0 Å². The Bertz CT molecular complexity index is 638. The molecule has 1 aliphatic rings. The van der Waals surface area contributed by atoms with Crippen LogP contribution in [0.3, 0.4) is 0 Å². The highest BCUT2D eigenvalue weighted by Crippen LogP contribution is 2.36. The van der Waals surface area contributed by atoms with Gasteiger partial charge in [0.15, 0.2) is 0 Å². The van der Waals surface area contributed by atoms with E-state index in [1.807, 2.05) is 32.9 Å². The molecule has 1 aliphatic heterocycles. The monoisotopic (exact) mass is 373 g/mol. The Balaban J connectivity index is 2.20. The van der Waals surface area contributed by atoms with E-state index in [-0.39, 0.29) is 17.1 Å². The maximum absolute atomic E-state index is 12.5. The van der Waals surface area contributed by atoms with E-state index < -0.39 is 16.5 Å². The SMILES string of the molecule is CCOC(=O)Cc1ccc(C2(NS(=O)C(C)(C)C)COC2)c(Cl)c1. The van der Waals surface area contributed by atoms with Crippen molar-refractivity contribution >= 4 is 28.6 Å². The fraction of sp³-hybridized carbons (Fsp3) is 0.588. The molecule has 1 N–H and O–H groups in total. The molecule has 7 heteroatoms. The third-order valence-electron chi connectivity index (χ3n) is 3.74. The molecule has 5 nitrogen and oxygen atoms in total. The van der Waals surface area contributed by atoms with E-state index in [1.54, 1.807) is 13.0 Å². The number of ether oxygens (including phenoxy) is 2. The molecule has 0 bridgehead atoms. The van der Waals surface area contributed by atoms with Crippen LogP contribution in [0.4, 0.5) is 0 Å². The molecule has 0 aromatic heterocycles. The van der Waals surface area contributed by atoms with E-state index >= 15 is 0 Å². The first-order valence-corrected chi connectivity index (χ1v) is 9.43. The normalized spacial score (nSPS) is 17.9. The average molecular weight is 374 g/mol. The zero-order chi connectivity index (χ0) is 18.0. The van der Waals surface area contributed by atoms with Crippen molar-refractivity contribution < 1.29 is 18.5 Å². The van der Waals surface area contributed by atoms with Gasteiger partial charge in [0.1, 0.15) is 5.54 Å². The summed E-state index contributed by atoms with van der Waals surface area (Å²) in [5, 5.41) is 0.526. The fourth-order valence-electron chi connectivity index (χ4n) is 2.34. The molecule has 1 fully saturated rings. The fourth-order valence-corrected chi connectivity index (χ4v) is 3.61. The smallest absolute Gasteiger partial charge is 0.310 e. The summed E-state index contributed by atoms with van der Waals surface area (Å²) in [7, 11) is -1.24. The summed E-state index contributed by atoms with van der Waals surface area (Å²) in [4.78, 5) is 11.6. The van der Waals surface area contributed by atoms with Crippen LogP contribution >= 0.6 is 11.6 Å². The van der Waals surface area contributed by atoms with Crippen molar-refractivity contribution in [3.05, 3.63) is 34.3 Å². The van der Waals surface area contributed by atoms with E-state index in [9.17, 15) is 9.00 Å². The Kier molecular flexibility index (Phi) is 6.07. The van der Waals surface area contributed by atoms with E-state index in [1.165, 1.54) is 0 Å². The summed E-state index contributed by atoms with van der Waals surface area (Å²) < 4.78 is 25.6. The second kappa shape index (κ2) is 7.52. The molecule has 134 valence electrons.